The molecule has 3 rings (SSSR count). The lowest BCUT2D eigenvalue weighted by atomic mass is 9.99. The molecule has 2 aliphatic rings. The maximum atomic E-state index is 13.2. The van der Waals surface area contributed by atoms with Gasteiger partial charge in [0.15, 0.2) is 0 Å². The van der Waals surface area contributed by atoms with Gasteiger partial charge in [-0.05, 0) is 37.9 Å². The number of methoxy groups -OCH3 is 1. The Labute approximate surface area is 113 Å². The second-order valence-electron chi connectivity index (χ2n) is 5.48. The second kappa shape index (κ2) is 5.37. The normalized spacial score (nSPS) is 27.1. The third-order valence-electron chi connectivity index (χ3n) is 4.36. The molecule has 2 atom stereocenters. The van der Waals surface area contributed by atoms with E-state index in [9.17, 15) is 4.39 Å². The molecular formula is C15H21FN2O. The number of hydrogen-bond acceptors (Lipinski definition) is 3. The SMILES string of the molecule is COc1cc(F)ccc1NC1CCN2CCCCC12. The van der Waals surface area contributed by atoms with Gasteiger partial charge in [-0.3, -0.25) is 4.90 Å². The maximum Gasteiger partial charge on any atom is 0.144 e. The highest BCUT2D eigenvalue weighted by Crippen LogP contribution is 2.32. The molecule has 19 heavy (non-hydrogen) atoms. The van der Waals surface area contributed by atoms with Gasteiger partial charge in [-0.15, -0.1) is 0 Å². The fraction of sp³-hybridized carbons (Fsp3) is 0.600. The first-order valence-corrected chi connectivity index (χ1v) is 7.12. The number of nitrogens with zero attached hydrogens (tertiary/aromatic N) is 1. The van der Waals surface area contributed by atoms with Crippen molar-refractivity contribution in [3.63, 3.8) is 0 Å². The van der Waals surface area contributed by atoms with Gasteiger partial charge in [-0.25, -0.2) is 4.39 Å². The van der Waals surface area contributed by atoms with Crippen molar-refractivity contribution in [1.82, 2.24) is 4.90 Å². The largest absolute Gasteiger partial charge is 0.494 e. The van der Waals surface area contributed by atoms with Crippen LogP contribution in [0, 0.1) is 5.82 Å². The number of benzene rings is 1. The Bertz CT molecular complexity index is 452. The predicted octanol–water partition coefficient (Wildman–Crippen LogP) is 2.87. The number of nitrogens with one attached hydrogen (secondary N) is 1. The van der Waals surface area contributed by atoms with Crippen molar-refractivity contribution in [2.24, 2.45) is 0 Å². The lowest BCUT2D eigenvalue weighted by molar-refractivity contribution is 0.192. The van der Waals surface area contributed by atoms with E-state index in [-0.39, 0.29) is 5.82 Å². The van der Waals surface area contributed by atoms with E-state index in [4.69, 9.17) is 4.74 Å². The summed E-state index contributed by atoms with van der Waals surface area (Å²) in [4.78, 5) is 2.58. The molecule has 3 nitrogen and oxygen atoms in total. The van der Waals surface area contributed by atoms with Gasteiger partial charge in [0.25, 0.3) is 0 Å². The Morgan fingerprint density at radius 1 is 1.26 bits per heavy atom. The molecule has 2 saturated heterocycles. The van der Waals surface area contributed by atoms with E-state index >= 15 is 0 Å². The summed E-state index contributed by atoms with van der Waals surface area (Å²) in [6.45, 7) is 2.40. The van der Waals surface area contributed by atoms with Crippen LogP contribution in [-0.2, 0) is 0 Å². The summed E-state index contributed by atoms with van der Waals surface area (Å²) in [5, 5.41) is 3.55. The Kier molecular flexibility index (Phi) is 3.60. The Morgan fingerprint density at radius 3 is 3.00 bits per heavy atom. The van der Waals surface area contributed by atoms with E-state index in [1.54, 1.807) is 13.2 Å². The van der Waals surface area contributed by atoms with Gasteiger partial charge in [0.05, 0.1) is 12.8 Å². The molecule has 0 spiro atoms. The van der Waals surface area contributed by atoms with Crippen LogP contribution in [0.25, 0.3) is 0 Å². The maximum absolute atomic E-state index is 13.2. The summed E-state index contributed by atoms with van der Waals surface area (Å²) < 4.78 is 18.5. The van der Waals surface area contributed by atoms with E-state index in [2.05, 4.69) is 10.2 Å². The average molecular weight is 264 g/mol. The summed E-state index contributed by atoms with van der Waals surface area (Å²) >= 11 is 0. The van der Waals surface area contributed by atoms with Gasteiger partial charge in [-0.2, -0.15) is 0 Å². The Morgan fingerprint density at radius 2 is 2.16 bits per heavy atom. The number of hydrogen-bond donors (Lipinski definition) is 1. The molecule has 1 aromatic rings. The van der Waals surface area contributed by atoms with E-state index in [0.29, 0.717) is 17.8 Å². The highest BCUT2D eigenvalue weighted by molar-refractivity contribution is 5.57. The standard InChI is InChI=1S/C15H21FN2O/c1-19-15-10-11(16)5-6-13(15)17-12-7-9-18-8-3-2-4-14(12)18/h5-6,10,12,14,17H,2-4,7-9H2,1H3. The minimum atomic E-state index is -0.256. The first-order chi connectivity index (χ1) is 9.28. The molecule has 1 N–H and O–H groups in total. The van der Waals surface area contributed by atoms with Crippen LogP contribution in [-0.4, -0.2) is 37.2 Å². The van der Waals surface area contributed by atoms with Gasteiger partial charge in [-0.1, -0.05) is 6.42 Å². The summed E-state index contributed by atoms with van der Waals surface area (Å²) in [6.07, 6.45) is 5.06. The number of anilines is 1. The molecule has 0 amide bonds. The zero-order chi connectivity index (χ0) is 13.2. The molecule has 0 saturated carbocycles. The van der Waals surface area contributed by atoms with Crippen LogP contribution in [0.15, 0.2) is 18.2 Å². The van der Waals surface area contributed by atoms with Crippen molar-refractivity contribution >= 4 is 5.69 Å². The monoisotopic (exact) mass is 264 g/mol. The van der Waals surface area contributed by atoms with Crippen LogP contribution >= 0.6 is 0 Å². The lowest BCUT2D eigenvalue weighted by Crippen LogP contribution is -2.41. The van der Waals surface area contributed by atoms with Crippen LogP contribution in [0.1, 0.15) is 25.7 Å². The fourth-order valence-electron chi connectivity index (χ4n) is 3.40. The fourth-order valence-corrected chi connectivity index (χ4v) is 3.40. The first kappa shape index (κ1) is 12.7. The minimum absolute atomic E-state index is 0.256. The number of halogens is 1. The molecule has 2 unspecified atom stereocenters. The number of piperidine rings is 1. The van der Waals surface area contributed by atoms with Crippen LogP contribution in [0.3, 0.4) is 0 Å². The molecule has 2 heterocycles. The topological polar surface area (TPSA) is 24.5 Å². The smallest absolute Gasteiger partial charge is 0.144 e. The van der Waals surface area contributed by atoms with Crippen LogP contribution in [0.5, 0.6) is 5.75 Å². The minimum Gasteiger partial charge on any atom is -0.494 e. The van der Waals surface area contributed by atoms with E-state index < -0.39 is 0 Å². The molecule has 0 aromatic heterocycles. The van der Waals surface area contributed by atoms with Gasteiger partial charge in [0.1, 0.15) is 11.6 Å². The highest BCUT2D eigenvalue weighted by atomic mass is 19.1. The third-order valence-corrected chi connectivity index (χ3v) is 4.36. The van der Waals surface area contributed by atoms with Gasteiger partial charge < -0.3 is 10.1 Å². The number of fused-ring (bicyclic) bond motifs is 1. The zero-order valence-electron chi connectivity index (χ0n) is 11.4. The molecule has 2 fully saturated rings. The molecule has 0 bridgehead atoms. The quantitative estimate of drug-likeness (QED) is 0.908. The van der Waals surface area contributed by atoms with Crippen LogP contribution in [0.2, 0.25) is 0 Å². The summed E-state index contributed by atoms with van der Waals surface area (Å²) in [6, 6.07) is 5.79. The summed E-state index contributed by atoms with van der Waals surface area (Å²) in [5.41, 5.74) is 0.904. The van der Waals surface area contributed by atoms with Crippen LogP contribution < -0.4 is 10.1 Å². The summed E-state index contributed by atoms with van der Waals surface area (Å²) in [7, 11) is 1.58. The molecule has 0 radical (unpaired) electrons. The molecule has 0 aliphatic carbocycles. The number of rotatable bonds is 3. The average Bonchev–Trinajstić information content (AvgIpc) is 2.84. The molecule has 1 aromatic carbocycles. The predicted molar refractivity (Wildman–Crippen MR) is 74.2 cm³/mol. The second-order valence-corrected chi connectivity index (χ2v) is 5.48. The molecule has 4 heteroatoms. The summed E-state index contributed by atoms with van der Waals surface area (Å²) in [5.74, 6) is 0.336. The van der Waals surface area contributed by atoms with Crippen LogP contribution in [0.4, 0.5) is 10.1 Å². The van der Waals surface area contributed by atoms with Crippen molar-refractivity contribution in [1.29, 1.82) is 0 Å². The van der Waals surface area contributed by atoms with Gasteiger partial charge >= 0.3 is 0 Å². The molecular weight excluding hydrogens is 243 g/mol. The van der Waals surface area contributed by atoms with Crippen molar-refractivity contribution < 1.29 is 9.13 Å². The van der Waals surface area contributed by atoms with Crippen molar-refractivity contribution in [3.05, 3.63) is 24.0 Å². The number of ether oxygens (including phenoxy) is 1. The zero-order valence-corrected chi connectivity index (χ0v) is 11.4. The molecule has 2 aliphatic heterocycles. The Balaban J connectivity index is 1.74. The van der Waals surface area contributed by atoms with E-state index in [1.165, 1.54) is 44.5 Å². The van der Waals surface area contributed by atoms with Crippen molar-refractivity contribution in [3.8, 4) is 5.75 Å². The van der Waals surface area contributed by atoms with Crippen molar-refractivity contribution in [2.75, 3.05) is 25.5 Å². The van der Waals surface area contributed by atoms with Gasteiger partial charge in [0, 0.05) is 24.7 Å². The lowest BCUT2D eigenvalue weighted by Gasteiger charge is -2.33. The third kappa shape index (κ3) is 2.54. The Hall–Kier alpha value is -1.29. The van der Waals surface area contributed by atoms with E-state index in [1.807, 2.05) is 0 Å². The van der Waals surface area contributed by atoms with Gasteiger partial charge in [0.2, 0.25) is 0 Å². The first-order valence-electron chi connectivity index (χ1n) is 7.12. The van der Waals surface area contributed by atoms with Crippen molar-refractivity contribution in [2.45, 2.75) is 37.8 Å². The molecule has 104 valence electrons. The van der Waals surface area contributed by atoms with E-state index in [0.717, 1.165) is 12.1 Å². The highest BCUT2D eigenvalue weighted by Gasteiger charge is 2.35.